The Balaban J connectivity index is 2.10. The highest BCUT2D eigenvalue weighted by Crippen LogP contribution is 2.59. The van der Waals surface area contributed by atoms with Gasteiger partial charge < -0.3 is 4.48 Å². The Labute approximate surface area is 126 Å². The Bertz CT molecular complexity index is 478. The number of nitrogens with zero attached hydrogens (tertiary/aromatic N) is 3. The summed E-state index contributed by atoms with van der Waals surface area (Å²) in [6.07, 6.45) is 0.521. The number of hydrogen-bond donors (Lipinski definition) is 0. The standard InChI is InChI=1S/C10H14Br2N3O4/c11-1-2-15-5-9(13(16)17)3-7(15)8(12)10(4-9,6-15)14(18)19/h7-8H,1-6H2/q+1. The van der Waals surface area contributed by atoms with Crippen molar-refractivity contribution in [2.75, 3.05) is 25.0 Å². The molecule has 3 saturated heterocycles. The van der Waals surface area contributed by atoms with Crippen LogP contribution in [0.15, 0.2) is 0 Å². The van der Waals surface area contributed by atoms with E-state index in [-0.39, 0.29) is 27.1 Å². The number of nitro groups is 2. The highest BCUT2D eigenvalue weighted by molar-refractivity contribution is 9.09. The van der Waals surface area contributed by atoms with Crippen molar-refractivity contribution in [2.45, 2.75) is 34.8 Å². The molecule has 5 atom stereocenters. The molecule has 4 aliphatic rings. The second kappa shape index (κ2) is 3.88. The van der Waals surface area contributed by atoms with Gasteiger partial charge in [0.2, 0.25) is 0 Å². The van der Waals surface area contributed by atoms with Crippen LogP contribution in [0.2, 0.25) is 0 Å². The van der Waals surface area contributed by atoms with E-state index in [1.807, 2.05) is 0 Å². The molecule has 19 heavy (non-hydrogen) atoms. The number of halogens is 2. The van der Waals surface area contributed by atoms with Crippen LogP contribution in [0.5, 0.6) is 0 Å². The Morgan fingerprint density at radius 2 is 1.95 bits per heavy atom. The Kier molecular flexibility index (Phi) is 2.80. The smallest absolute Gasteiger partial charge is 0.294 e. The largest absolute Gasteiger partial charge is 0.307 e. The molecule has 3 aliphatic heterocycles. The van der Waals surface area contributed by atoms with Crippen molar-refractivity contribution in [1.82, 2.24) is 0 Å². The molecule has 0 radical (unpaired) electrons. The number of hydrogen-bond acceptors (Lipinski definition) is 4. The van der Waals surface area contributed by atoms with E-state index in [1.165, 1.54) is 0 Å². The van der Waals surface area contributed by atoms with Gasteiger partial charge in [0.05, 0.1) is 18.3 Å². The molecule has 106 valence electrons. The van der Waals surface area contributed by atoms with E-state index in [2.05, 4.69) is 31.9 Å². The average Bonchev–Trinajstić information content (AvgIpc) is 2.65. The maximum atomic E-state index is 11.6. The maximum Gasteiger partial charge on any atom is 0.294 e. The first-order chi connectivity index (χ1) is 8.82. The van der Waals surface area contributed by atoms with Crippen molar-refractivity contribution in [3.63, 3.8) is 0 Å². The molecule has 4 fully saturated rings. The number of alkyl halides is 2. The van der Waals surface area contributed by atoms with Gasteiger partial charge in [-0.05, 0) is 0 Å². The minimum absolute atomic E-state index is 0.0119. The second-order valence-corrected chi connectivity index (χ2v) is 7.92. The molecule has 1 aliphatic carbocycles. The average molecular weight is 400 g/mol. The molecule has 5 unspecified atom stereocenters. The first-order valence-corrected chi connectivity index (χ1v) is 8.21. The van der Waals surface area contributed by atoms with Gasteiger partial charge in [-0.25, -0.2) is 0 Å². The van der Waals surface area contributed by atoms with Crippen LogP contribution in [0.4, 0.5) is 0 Å². The van der Waals surface area contributed by atoms with Crippen LogP contribution in [0.3, 0.4) is 0 Å². The van der Waals surface area contributed by atoms with Gasteiger partial charge in [-0.2, -0.15) is 0 Å². The van der Waals surface area contributed by atoms with Gasteiger partial charge in [0, 0.05) is 9.85 Å². The third kappa shape index (κ3) is 1.46. The van der Waals surface area contributed by atoms with Crippen LogP contribution in [0.25, 0.3) is 0 Å². The minimum atomic E-state index is -1.17. The van der Waals surface area contributed by atoms with Crippen molar-refractivity contribution in [3.05, 3.63) is 20.2 Å². The number of rotatable bonds is 4. The van der Waals surface area contributed by atoms with Crippen LogP contribution >= 0.6 is 31.9 Å². The first kappa shape index (κ1) is 13.7. The monoisotopic (exact) mass is 398 g/mol. The maximum absolute atomic E-state index is 11.6. The topological polar surface area (TPSA) is 86.3 Å². The van der Waals surface area contributed by atoms with Crippen LogP contribution in [0, 0.1) is 20.2 Å². The molecule has 0 amide bonds. The summed E-state index contributed by atoms with van der Waals surface area (Å²) in [6.45, 7) is 1.58. The fourth-order valence-electron chi connectivity index (χ4n) is 4.66. The summed E-state index contributed by atoms with van der Waals surface area (Å²) >= 11 is 6.87. The summed E-state index contributed by atoms with van der Waals surface area (Å²) in [5, 5.41) is 23.7. The van der Waals surface area contributed by atoms with Crippen LogP contribution in [0.1, 0.15) is 12.8 Å². The molecule has 0 aromatic carbocycles. The minimum Gasteiger partial charge on any atom is -0.307 e. The second-order valence-electron chi connectivity index (χ2n) is 6.14. The lowest BCUT2D eigenvalue weighted by molar-refractivity contribution is -0.943. The normalized spacial score (nSPS) is 50.6. The Morgan fingerprint density at radius 3 is 2.47 bits per heavy atom. The van der Waals surface area contributed by atoms with Crippen LogP contribution in [-0.2, 0) is 0 Å². The summed E-state index contributed by atoms with van der Waals surface area (Å²) in [5.41, 5.74) is -2.27. The predicted octanol–water partition coefficient (Wildman–Crippen LogP) is 1.18. The molecule has 0 aromatic heterocycles. The lowest BCUT2D eigenvalue weighted by atomic mass is 9.73. The zero-order chi connectivity index (χ0) is 14.1. The Morgan fingerprint density at radius 1 is 1.26 bits per heavy atom. The van der Waals surface area contributed by atoms with Crippen LogP contribution < -0.4 is 0 Å². The van der Waals surface area contributed by atoms with Gasteiger partial charge in [0.15, 0.2) is 13.1 Å². The van der Waals surface area contributed by atoms with Gasteiger partial charge in [-0.1, -0.05) is 31.9 Å². The Hall–Kier alpha value is -0.280. The molecule has 7 nitrogen and oxygen atoms in total. The summed E-state index contributed by atoms with van der Waals surface area (Å²) in [6, 6.07) is -0.0119. The predicted molar refractivity (Wildman–Crippen MR) is 73.8 cm³/mol. The van der Waals surface area contributed by atoms with Crippen molar-refractivity contribution in [1.29, 1.82) is 0 Å². The van der Waals surface area contributed by atoms with Gasteiger partial charge in [-0.15, -0.1) is 0 Å². The molecule has 4 bridgehead atoms. The molecule has 0 spiro atoms. The zero-order valence-electron chi connectivity index (χ0n) is 10.1. The SMILES string of the molecule is O=[N+]([O-])C12CC3C(Br)C([N+](=O)[O-])(C1)C[N+]3(CCBr)C2. The van der Waals surface area contributed by atoms with Crippen LogP contribution in [-0.4, -0.2) is 61.2 Å². The quantitative estimate of drug-likeness (QED) is 0.307. The van der Waals surface area contributed by atoms with Crippen molar-refractivity contribution >= 4 is 31.9 Å². The van der Waals surface area contributed by atoms with Gasteiger partial charge in [0.1, 0.15) is 17.3 Å². The van der Waals surface area contributed by atoms with Gasteiger partial charge >= 0.3 is 0 Å². The third-order valence-corrected chi connectivity index (χ3v) is 7.07. The zero-order valence-corrected chi connectivity index (χ0v) is 13.3. The van der Waals surface area contributed by atoms with E-state index < -0.39 is 11.1 Å². The van der Waals surface area contributed by atoms with E-state index in [1.54, 1.807) is 0 Å². The van der Waals surface area contributed by atoms with E-state index in [4.69, 9.17) is 0 Å². The molecule has 9 heteroatoms. The first-order valence-electron chi connectivity index (χ1n) is 6.17. The number of quaternary nitrogens is 1. The molecule has 0 aromatic rings. The van der Waals surface area contributed by atoms with Crippen molar-refractivity contribution in [3.8, 4) is 0 Å². The van der Waals surface area contributed by atoms with E-state index in [9.17, 15) is 20.2 Å². The van der Waals surface area contributed by atoms with Crippen molar-refractivity contribution < 1.29 is 14.3 Å². The summed E-state index contributed by atoms with van der Waals surface area (Å²) in [4.78, 5) is 22.2. The molecule has 3 heterocycles. The lowest BCUT2D eigenvalue weighted by Gasteiger charge is -2.38. The molecular formula is C10H14Br2N3O4+. The van der Waals surface area contributed by atoms with E-state index in [0.717, 1.165) is 6.54 Å². The summed E-state index contributed by atoms with van der Waals surface area (Å²) < 4.78 is 0.517. The molecule has 1 saturated carbocycles. The van der Waals surface area contributed by atoms with Gasteiger partial charge in [-0.3, -0.25) is 20.2 Å². The number of piperidine rings is 1. The summed E-state index contributed by atoms with van der Waals surface area (Å²) in [7, 11) is 0. The van der Waals surface area contributed by atoms with Gasteiger partial charge in [0.25, 0.3) is 11.1 Å². The fourth-order valence-corrected chi connectivity index (χ4v) is 6.53. The molecule has 0 N–H and O–H groups in total. The highest BCUT2D eigenvalue weighted by Gasteiger charge is 2.85. The van der Waals surface area contributed by atoms with Crippen molar-refractivity contribution in [2.24, 2.45) is 0 Å². The third-order valence-electron chi connectivity index (χ3n) is 5.26. The highest BCUT2D eigenvalue weighted by atomic mass is 79.9. The lowest BCUT2D eigenvalue weighted by Crippen LogP contribution is -2.65. The molecule has 4 rings (SSSR count). The summed E-state index contributed by atoms with van der Waals surface area (Å²) in [5.74, 6) is 0. The molecular weight excluding hydrogens is 386 g/mol. The fraction of sp³-hybridized carbons (Fsp3) is 1.00. The van der Waals surface area contributed by atoms with E-state index >= 15 is 0 Å². The van der Waals surface area contributed by atoms with E-state index in [0.29, 0.717) is 29.3 Å².